The van der Waals surface area contributed by atoms with Gasteiger partial charge in [-0.1, -0.05) is 18.2 Å². The van der Waals surface area contributed by atoms with Gasteiger partial charge in [0.05, 0.1) is 20.8 Å². The molecule has 3 N–H and O–H groups in total. The number of rotatable bonds is 6. The number of methoxy groups -OCH3 is 2. The molecule has 2 aromatic carbocycles. The predicted molar refractivity (Wildman–Crippen MR) is 92.8 cm³/mol. The Morgan fingerprint density at radius 2 is 1.79 bits per heavy atom. The van der Waals surface area contributed by atoms with Crippen LogP contribution in [0.4, 0.5) is 4.39 Å². The van der Waals surface area contributed by atoms with E-state index in [-0.39, 0.29) is 5.82 Å². The maximum Gasteiger partial charge on any atom is 0.189 e. The van der Waals surface area contributed by atoms with Crippen LogP contribution in [0.1, 0.15) is 16.7 Å². The van der Waals surface area contributed by atoms with E-state index in [0.29, 0.717) is 36.1 Å². The number of ether oxygens (including phenoxy) is 2. The molecule has 0 fully saturated rings. The van der Waals surface area contributed by atoms with Crippen molar-refractivity contribution in [1.29, 1.82) is 0 Å². The van der Waals surface area contributed by atoms with Crippen molar-refractivity contribution in [3.05, 3.63) is 58.9 Å². The molecule has 2 rings (SSSR count). The molecule has 24 heavy (non-hydrogen) atoms. The first-order valence-electron chi connectivity index (χ1n) is 7.53. The summed E-state index contributed by atoms with van der Waals surface area (Å²) < 4.78 is 23.7. The minimum Gasteiger partial charge on any atom is -0.493 e. The second-order valence-electron chi connectivity index (χ2n) is 5.33. The highest BCUT2D eigenvalue weighted by Crippen LogP contribution is 2.27. The molecular weight excluding hydrogens is 309 g/mol. The van der Waals surface area contributed by atoms with Crippen LogP contribution in [0, 0.1) is 12.7 Å². The molecule has 0 bridgehead atoms. The average molecular weight is 331 g/mol. The Balaban J connectivity index is 1.94. The van der Waals surface area contributed by atoms with Crippen LogP contribution in [-0.4, -0.2) is 20.2 Å². The van der Waals surface area contributed by atoms with E-state index in [9.17, 15) is 4.39 Å². The summed E-state index contributed by atoms with van der Waals surface area (Å²) >= 11 is 0. The number of hydrogen-bond acceptors (Lipinski definition) is 3. The molecule has 0 heterocycles. The molecule has 0 aliphatic heterocycles. The standard InChI is InChI=1S/C18H22FN3O2/c1-12-8-13(4-6-15(12)19)10-21-18(20)22-11-14-5-7-16(23-2)17(9-14)24-3/h4-9H,10-11H2,1-3H3,(H3,20,21,22). The van der Waals surface area contributed by atoms with E-state index >= 15 is 0 Å². The Bertz CT molecular complexity index is 732. The van der Waals surface area contributed by atoms with Crippen molar-refractivity contribution in [1.82, 2.24) is 5.32 Å². The third kappa shape index (κ3) is 4.62. The third-order valence-corrected chi connectivity index (χ3v) is 3.58. The highest BCUT2D eigenvalue weighted by molar-refractivity contribution is 5.77. The molecule has 5 nitrogen and oxygen atoms in total. The Kier molecular flexibility index (Phi) is 6.01. The minimum absolute atomic E-state index is 0.220. The summed E-state index contributed by atoms with van der Waals surface area (Å²) in [5.74, 6) is 1.44. The maximum absolute atomic E-state index is 13.2. The number of nitrogens with two attached hydrogens (primary N) is 1. The Labute approximate surface area is 141 Å². The molecule has 0 unspecified atom stereocenters. The molecule has 0 spiro atoms. The van der Waals surface area contributed by atoms with E-state index in [1.807, 2.05) is 18.2 Å². The largest absolute Gasteiger partial charge is 0.493 e. The number of benzene rings is 2. The van der Waals surface area contributed by atoms with E-state index in [1.54, 1.807) is 33.3 Å². The minimum atomic E-state index is -0.220. The van der Waals surface area contributed by atoms with E-state index in [2.05, 4.69) is 10.3 Å². The van der Waals surface area contributed by atoms with Crippen LogP contribution in [0.2, 0.25) is 0 Å². The van der Waals surface area contributed by atoms with Crippen molar-refractivity contribution < 1.29 is 13.9 Å². The topological polar surface area (TPSA) is 68.9 Å². The van der Waals surface area contributed by atoms with Gasteiger partial charge in [-0.05, 0) is 41.8 Å². The number of nitrogens with one attached hydrogen (secondary N) is 1. The van der Waals surface area contributed by atoms with E-state index in [4.69, 9.17) is 15.2 Å². The zero-order valence-electron chi connectivity index (χ0n) is 14.1. The molecule has 128 valence electrons. The quantitative estimate of drug-likeness (QED) is 0.631. The molecule has 0 radical (unpaired) electrons. The van der Waals surface area contributed by atoms with Crippen molar-refractivity contribution >= 4 is 5.96 Å². The number of nitrogens with zero attached hydrogens (tertiary/aromatic N) is 1. The van der Waals surface area contributed by atoms with Gasteiger partial charge >= 0.3 is 0 Å². The summed E-state index contributed by atoms with van der Waals surface area (Å²) in [6.45, 7) is 2.63. The molecule has 2 aromatic rings. The van der Waals surface area contributed by atoms with Crippen LogP contribution in [0.3, 0.4) is 0 Å². The molecule has 0 aliphatic carbocycles. The van der Waals surface area contributed by atoms with E-state index < -0.39 is 0 Å². The second kappa shape index (κ2) is 8.19. The number of halogens is 1. The Morgan fingerprint density at radius 1 is 1.08 bits per heavy atom. The van der Waals surface area contributed by atoms with Crippen molar-refractivity contribution in [3.8, 4) is 11.5 Å². The van der Waals surface area contributed by atoms with Crippen LogP contribution in [-0.2, 0) is 13.1 Å². The summed E-state index contributed by atoms with van der Waals surface area (Å²) in [5.41, 5.74) is 8.37. The van der Waals surface area contributed by atoms with Crippen molar-refractivity contribution in [3.63, 3.8) is 0 Å². The lowest BCUT2D eigenvalue weighted by Crippen LogP contribution is -2.31. The van der Waals surface area contributed by atoms with Gasteiger partial charge in [-0.2, -0.15) is 0 Å². The van der Waals surface area contributed by atoms with Crippen LogP contribution in [0.5, 0.6) is 11.5 Å². The molecule has 0 amide bonds. The lowest BCUT2D eigenvalue weighted by Gasteiger charge is -2.10. The van der Waals surface area contributed by atoms with E-state index in [1.165, 1.54) is 6.07 Å². The van der Waals surface area contributed by atoms with Crippen LogP contribution in [0.25, 0.3) is 0 Å². The van der Waals surface area contributed by atoms with Gasteiger partial charge in [-0.15, -0.1) is 0 Å². The summed E-state index contributed by atoms with van der Waals surface area (Å²) in [5, 5.41) is 3.04. The normalized spacial score (nSPS) is 11.2. The highest BCUT2D eigenvalue weighted by atomic mass is 19.1. The average Bonchev–Trinajstić information content (AvgIpc) is 2.60. The zero-order chi connectivity index (χ0) is 17.5. The van der Waals surface area contributed by atoms with E-state index in [0.717, 1.165) is 11.1 Å². The maximum atomic E-state index is 13.2. The van der Waals surface area contributed by atoms with Crippen molar-refractivity contribution in [2.45, 2.75) is 20.0 Å². The van der Waals surface area contributed by atoms with Gasteiger partial charge in [-0.3, -0.25) is 0 Å². The van der Waals surface area contributed by atoms with Gasteiger partial charge in [0.15, 0.2) is 17.5 Å². The number of aryl methyl sites for hydroxylation is 1. The van der Waals surface area contributed by atoms with Gasteiger partial charge in [0, 0.05) is 6.54 Å². The fraction of sp³-hybridized carbons (Fsp3) is 0.278. The molecule has 0 atom stereocenters. The van der Waals surface area contributed by atoms with Crippen LogP contribution >= 0.6 is 0 Å². The van der Waals surface area contributed by atoms with Gasteiger partial charge in [0.1, 0.15) is 5.82 Å². The smallest absolute Gasteiger partial charge is 0.189 e. The summed E-state index contributed by atoms with van der Waals surface area (Å²) in [4.78, 5) is 4.26. The van der Waals surface area contributed by atoms with Crippen molar-refractivity contribution in [2.24, 2.45) is 10.7 Å². The summed E-state index contributed by atoms with van der Waals surface area (Å²) in [6, 6.07) is 10.5. The number of guanidine groups is 1. The second-order valence-corrected chi connectivity index (χ2v) is 5.33. The summed E-state index contributed by atoms with van der Waals surface area (Å²) in [6.07, 6.45) is 0. The molecule has 0 saturated carbocycles. The molecule has 0 aromatic heterocycles. The van der Waals surface area contributed by atoms with Crippen LogP contribution < -0.4 is 20.5 Å². The predicted octanol–water partition coefficient (Wildman–Crippen LogP) is 2.76. The third-order valence-electron chi connectivity index (χ3n) is 3.58. The molecule has 0 aliphatic rings. The SMILES string of the molecule is COc1ccc(CNC(N)=NCc2ccc(F)c(C)c2)cc1OC. The first-order valence-corrected chi connectivity index (χ1v) is 7.53. The first-order chi connectivity index (χ1) is 11.5. The Hall–Kier alpha value is -2.76. The van der Waals surface area contributed by atoms with Gasteiger partial charge in [0.25, 0.3) is 0 Å². The first kappa shape index (κ1) is 17.6. The van der Waals surface area contributed by atoms with Gasteiger partial charge < -0.3 is 20.5 Å². The van der Waals surface area contributed by atoms with Gasteiger partial charge in [-0.25, -0.2) is 9.38 Å². The monoisotopic (exact) mass is 331 g/mol. The molecule has 6 heteroatoms. The van der Waals surface area contributed by atoms with Crippen LogP contribution in [0.15, 0.2) is 41.4 Å². The highest BCUT2D eigenvalue weighted by Gasteiger charge is 2.05. The van der Waals surface area contributed by atoms with Gasteiger partial charge in [0.2, 0.25) is 0 Å². The molecule has 0 saturated heterocycles. The molecular formula is C18H22FN3O2. The number of hydrogen-bond donors (Lipinski definition) is 2. The number of aliphatic imine (C=N–C) groups is 1. The lowest BCUT2D eigenvalue weighted by molar-refractivity contribution is 0.354. The lowest BCUT2D eigenvalue weighted by atomic mass is 10.1. The summed E-state index contributed by atoms with van der Waals surface area (Å²) in [7, 11) is 3.19. The Morgan fingerprint density at radius 3 is 2.46 bits per heavy atom. The fourth-order valence-electron chi connectivity index (χ4n) is 2.22. The van der Waals surface area contributed by atoms with Crippen molar-refractivity contribution in [2.75, 3.05) is 14.2 Å². The fourth-order valence-corrected chi connectivity index (χ4v) is 2.22. The zero-order valence-corrected chi connectivity index (χ0v) is 14.1.